The van der Waals surface area contributed by atoms with Crippen LogP contribution in [-0.2, 0) is 9.53 Å². The maximum atomic E-state index is 12.0. The van der Waals surface area contributed by atoms with E-state index in [1.165, 1.54) is 0 Å². The molecule has 0 aromatic rings. The zero-order valence-corrected chi connectivity index (χ0v) is 12.6. The summed E-state index contributed by atoms with van der Waals surface area (Å²) in [7, 11) is 0. The van der Waals surface area contributed by atoms with Crippen LogP contribution in [0, 0.1) is 5.92 Å². The Labute approximate surface area is 125 Å². The molecule has 2 rings (SSSR count). The van der Waals surface area contributed by atoms with Crippen LogP contribution < -0.4 is 10.6 Å². The third-order valence-electron chi connectivity index (χ3n) is 4.56. The van der Waals surface area contributed by atoms with Crippen molar-refractivity contribution in [2.24, 2.45) is 5.92 Å². The molecular formula is C15H26N2O4. The number of hydrogen-bond acceptors (Lipinski definition) is 3. The topological polar surface area (TPSA) is 87.7 Å². The van der Waals surface area contributed by atoms with Gasteiger partial charge in [0.2, 0.25) is 0 Å². The molecule has 2 fully saturated rings. The lowest BCUT2D eigenvalue weighted by atomic mass is 9.84. The largest absolute Gasteiger partial charge is 0.480 e. The number of carboxylic acids is 1. The molecule has 1 aliphatic heterocycles. The molecule has 0 spiro atoms. The van der Waals surface area contributed by atoms with Crippen molar-refractivity contribution >= 4 is 12.0 Å². The zero-order valence-electron chi connectivity index (χ0n) is 12.6. The van der Waals surface area contributed by atoms with Gasteiger partial charge < -0.3 is 20.5 Å². The van der Waals surface area contributed by atoms with Crippen molar-refractivity contribution in [1.82, 2.24) is 10.6 Å². The van der Waals surface area contributed by atoms with E-state index in [2.05, 4.69) is 10.6 Å². The van der Waals surface area contributed by atoms with Gasteiger partial charge in [0.15, 0.2) is 0 Å². The molecule has 21 heavy (non-hydrogen) atoms. The molecule has 0 bridgehead atoms. The Hall–Kier alpha value is -1.30. The molecular weight excluding hydrogens is 272 g/mol. The van der Waals surface area contributed by atoms with Crippen molar-refractivity contribution < 1.29 is 19.4 Å². The lowest BCUT2D eigenvalue weighted by molar-refractivity contribution is -0.141. The highest BCUT2D eigenvalue weighted by Gasteiger charge is 2.31. The second-order valence-corrected chi connectivity index (χ2v) is 6.17. The molecule has 6 heteroatoms. The summed E-state index contributed by atoms with van der Waals surface area (Å²) < 4.78 is 5.53. The quantitative estimate of drug-likeness (QED) is 0.723. The molecule has 1 saturated carbocycles. The van der Waals surface area contributed by atoms with Crippen LogP contribution in [0.5, 0.6) is 0 Å². The van der Waals surface area contributed by atoms with E-state index in [0.29, 0.717) is 0 Å². The highest BCUT2D eigenvalue weighted by atomic mass is 16.5. The highest BCUT2D eigenvalue weighted by molar-refractivity contribution is 5.82. The zero-order chi connectivity index (χ0) is 15.2. The maximum Gasteiger partial charge on any atom is 0.326 e. The summed E-state index contributed by atoms with van der Waals surface area (Å²) in [4.78, 5) is 23.4. The molecule has 2 amide bonds. The smallest absolute Gasteiger partial charge is 0.326 e. The third-order valence-corrected chi connectivity index (χ3v) is 4.56. The Morgan fingerprint density at radius 1 is 1.10 bits per heavy atom. The van der Waals surface area contributed by atoms with Gasteiger partial charge in [0, 0.05) is 6.61 Å². The molecule has 0 aromatic carbocycles. The highest BCUT2D eigenvalue weighted by Crippen LogP contribution is 2.26. The molecule has 3 atom stereocenters. The predicted molar refractivity (Wildman–Crippen MR) is 78.1 cm³/mol. The minimum atomic E-state index is -0.943. The standard InChI is InChI=1S/C15H26N2O4/c1-10(12-8-5-9-21-12)16-15(20)17-13(14(18)19)11-6-3-2-4-7-11/h10-13H,2-9H2,1H3,(H,18,19)(H2,16,17,20). The number of amides is 2. The lowest BCUT2D eigenvalue weighted by Gasteiger charge is -2.29. The first-order valence-corrected chi connectivity index (χ1v) is 7.99. The second kappa shape index (κ2) is 7.64. The van der Waals surface area contributed by atoms with E-state index >= 15 is 0 Å². The Morgan fingerprint density at radius 3 is 2.38 bits per heavy atom. The lowest BCUT2D eigenvalue weighted by Crippen LogP contribution is -2.53. The number of nitrogens with one attached hydrogen (secondary N) is 2. The number of rotatable bonds is 5. The van der Waals surface area contributed by atoms with Crippen molar-refractivity contribution in [1.29, 1.82) is 0 Å². The summed E-state index contributed by atoms with van der Waals surface area (Å²) in [5.74, 6) is -0.901. The van der Waals surface area contributed by atoms with Gasteiger partial charge in [-0.15, -0.1) is 0 Å². The number of aliphatic carboxylic acids is 1. The number of ether oxygens (including phenoxy) is 1. The van der Waals surface area contributed by atoms with Crippen LogP contribution in [-0.4, -0.2) is 41.9 Å². The Balaban J connectivity index is 1.84. The van der Waals surface area contributed by atoms with Crippen molar-refractivity contribution in [2.75, 3.05) is 6.61 Å². The first kappa shape index (κ1) is 16.1. The van der Waals surface area contributed by atoms with E-state index < -0.39 is 18.0 Å². The van der Waals surface area contributed by atoms with Gasteiger partial charge in [-0.05, 0) is 38.5 Å². The fraction of sp³-hybridized carbons (Fsp3) is 0.867. The van der Waals surface area contributed by atoms with E-state index in [9.17, 15) is 14.7 Å². The van der Waals surface area contributed by atoms with E-state index in [1.54, 1.807) is 0 Å². The first-order valence-electron chi connectivity index (χ1n) is 7.99. The predicted octanol–water partition coefficient (Wildman–Crippen LogP) is 1.89. The summed E-state index contributed by atoms with van der Waals surface area (Å²) in [5.41, 5.74) is 0. The van der Waals surface area contributed by atoms with Gasteiger partial charge >= 0.3 is 12.0 Å². The molecule has 1 saturated heterocycles. The summed E-state index contributed by atoms with van der Waals surface area (Å²) in [6.07, 6.45) is 6.98. The minimum absolute atomic E-state index is 0.0358. The molecule has 0 aromatic heterocycles. The molecule has 1 aliphatic carbocycles. The molecule has 0 radical (unpaired) electrons. The van der Waals surface area contributed by atoms with Gasteiger partial charge in [-0.1, -0.05) is 19.3 Å². The molecule has 2 aliphatic rings. The van der Waals surface area contributed by atoms with Crippen LogP contribution >= 0.6 is 0 Å². The fourth-order valence-corrected chi connectivity index (χ4v) is 3.33. The SMILES string of the molecule is CC(NC(=O)NC(C(=O)O)C1CCCCC1)C1CCCO1. The van der Waals surface area contributed by atoms with E-state index in [1.807, 2.05) is 6.92 Å². The van der Waals surface area contributed by atoms with Crippen molar-refractivity contribution in [2.45, 2.75) is 70.1 Å². The van der Waals surface area contributed by atoms with Gasteiger partial charge in [-0.3, -0.25) is 0 Å². The average Bonchev–Trinajstić information content (AvgIpc) is 2.99. The van der Waals surface area contributed by atoms with Crippen LogP contribution in [0.2, 0.25) is 0 Å². The van der Waals surface area contributed by atoms with Crippen molar-refractivity contribution in [3.05, 3.63) is 0 Å². The van der Waals surface area contributed by atoms with Gasteiger partial charge in [-0.25, -0.2) is 9.59 Å². The van der Waals surface area contributed by atoms with Crippen molar-refractivity contribution in [3.8, 4) is 0 Å². The summed E-state index contributed by atoms with van der Waals surface area (Å²) in [5, 5.41) is 14.8. The van der Waals surface area contributed by atoms with Crippen molar-refractivity contribution in [3.63, 3.8) is 0 Å². The van der Waals surface area contributed by atoms with Crippen LogP contribution in [0.25, 0.3) is 0 Å². The van der Waals surface area contributed by atoms with Gasteiger partial charge in [-0.2, -0.15) is 0 Å². The summed E-state index contributed by atoms with van der Waals surface area (Å²) in [6.45, 7) is 2.63. The molecule has 6 nitrogen and oxygen atoms in total. The number of hydrogen-bond donors (Lipinski definition) is 3. The van der Waals surface area contributed by atoms with Gasteiger partial charge in [0.1, 0.15) is 6.04 Å². The Morgan fingerprint density at radius 2 is 1.81 bits per heavy atom. The van der Waals surface area contributed by atoms with Crippen LogP contribution in [0.3, 0.4) is 0 Å². The van der Waals surface area contributed by atoms with E-state index in [-0.39, 0.29) is 18.1 Å². The molecule has 3 N–H and O–H groups in total. The Bertz CT molecular complexity index is 363. The number of carboxylic acid groups (broad SMARTS) is 1. The third kappa shape index (κ3) is 4.59. The maximum absolute atomic E-state index is 12.0. The molecule has 120 valence electrons. The van der Waals surface area contributed by atoms with E-state index in [4.69, 9.17) is 4.74 Å². The van der Waals surface area contributed by atoms with E-state index in [0.717, 1.165) is 51.6 Å². The van der Waals surface area contributed by atoms with Crippen LogP contribution in [0.4, 0.5) is 4.79 Å². The first-order chi connectivity index (χ1) is 10.1. The van der Waals surface area contributed by atoms with Gasteiger partial charge in [0.25, 0.3) is 0 Å². The van der Waals surface area contributed by atoms with Crippen LogP contribution in [0.15, 0.2) is 0 Å². The van der Waals surface area contributed by atoms with Gasteiger partial charge in [0.05, 0.1) is 12.1 Å². The summed E-state index contributed by atoms with van der Waals surface area (Å²) >= 11 is 0. The monoisotopic (exact) mass is 298 g/mol. The normalized spacial score (nSPS) is 26.0. The number of urea groups is 1. The molecule has 3 unspecified atom stereocenters. The van der Waals surface area contributed by atoms with Crippen LogP contribution in [0.1, 0.15) is 51.9 Å². The second-order valence-electron chi connectivity index (χ2n) is 6.17. The number of carbonyl (C=O) groups excluding carboxylic acids is 1. The molecule has 1 heterocycles. The minimum Gasteiger partial charge on any atom is -0.480 e. The summed E-state index contributed by atoms with van der Waals surface area (Å²) in [6, 6.07) is -1.30. The fourth-order valence-electron chi connectivity index (χ4n) is 3.33. The average molecular weight is 298 g/mol. The number of carbonyl (C=O) groups is 2. The Kier molecular flexibility index (Phi) is 5.85.